The molecule has 0 spiro atoms. The molecule has 0 bridgehead atoms. The third kappa shape index (κ3) is 5.24. The Morgan fingerprint density at radius 3 is 1.58 bits per heavy atom. The summed E-state index contributed by atoms with van der Waals surface area (Å²) >= 11 is 0.701. The van der Waals surface area contributed by atoms with Crippen LogP contribution in [0.5, 0.6) is 0 Å². The van der Waals surface area contributed by atoms with Crippen LogP contribution < -0.4 is 0 Å². The SMILES string of the molecule is CCC1=[C]([Ti]([CH3])([CH3])[CH3])C(CC)C2=C1CCCC2.CCC1=[C]([Ti])C(CC)C2=C1CCCC2. The summed E-state index contributed by atoms with van der Waals surface area (Å²) in [5, 5.41) is 7.77. The van der Waals surface area contributed by atoms with E-state index in [9.17, 15) is 0 Å². The fourth-order valence-electron chi connectivity index (χ4n) is 7.09. The van der Waals surface area contributed by atoms with Crippen LogP contribution in [0.15, 0.2) is 41.2 Å². The molecule has 4 aliphatic carbocycles. The second-order valence-corrected chi connectivity index (χ2v) is 19.8. The maximum atomic E-state index is 2.59. The number of hydrogen-bond acceptors (Lipinski definition) is 0. The summed E-state index contributed by atoms with van der Waals surface area (Å²) in [7, 11) is 0. The molecule has 0 aromatic rings. The van der Waals surface area contributed by atoms with E-state index in [-0.39, 0.29) is 0 Å². The van der Waals surface area contributed by atoms with E-state index < -0.39 is 16.6 Å². The minimum atomic E-state index is -1.67. The van der Waals surface area contributed by atoms with Gasteiger partial charge in [0.2, 0.25) is 0 Å². The first-order valence-corrected chi connectivity index (χ1v) is 19.7. The zero-order valence-corrected chi connectivity index (χ0v) is 24.8. The van der Waals surface area contributed by atoms with E-state index in [0.717, 1.165) is 11.8 Å². The van der Waals surface area contributed by atoms with Crippen molar-refractivity contribution in [1.82, 2.24) is 0 Å². The Morgan fingerprint density at radius 1 is 0.677 bits per heavy atom. The number of hydrogen-bond donors (Lipinski definition) is 0. The molecule has 2 unspecified atom stereocenters. The maximum absolute atomic E-state index is 2.59. The summed E-state index contributed by atoms with van der Waals surface area (Å²) in [5.74, 6) is 1.68. The normalized spacial score (nSPS) is 26.3. The van der Waals surface area contributed by atoms with E-state index in [1.54, 1.807) is 15.0 Å². The van der Waals surface area contributed by atoms with Crippen LogP contribution >= 0.6 is 0 Å². The van der Waals surface area contributed by atoms with Gasteiger partial charge in [-0.05, 0) is 0 Å². The van der Waals surface area contributed by atoms with Crippen molar-refractivity contribution < 1.29 is 37.0 Å². The molecular formula is C29H47Ti2. The molecule has 0 N–H and O–H groups in total. The quantitative estimate of drug-likeness (QED) is 0.336. The van der Waals surface area contributed by atoms with E-state index >= 15 is 0 Å². The molecule has 0 aromatic carbocycles. The van der Waals surface area contributed by atoms with Crippen LogP contribution in [0.1, 0.15) is 105 Å². The van der Waals surface area contributed by atoms with E-state index in [4.69, 9.17) is 0 Å². The van der Waals surface area contributed by atoms with Crippen LogP contribution in [-0.4, -0.2) is 0 Å². The molecule has 0 saturated carbocycles. The topological polar surface area (TPSA) is 0 Å². The average Bonchev–Trinajstić information content (AvgIpc) is 3.24. The first-order valence-electron chi connectivity index (χ1n) is 13.4. The number of rotatable bonds is 5. The van der Waals surface area contributed by atoms with E-state index in [1.807, 2.05) is 26.2 Å². The molecule has 0 heterocycles. The van der Waals surface area contributed by atoms with Crippen molar-refractivity contribution >= 4 is 0 Å². The summed E-state index contributed by atoms with van der Waals surface area (Å²) in [6.07, 6.45) is 16.5. The Labute approximate surface area is 209 Å². The van der Waals surface area contributed by atoms with Gasteiger partial charge in [0.05, 0.1) is 0 Å². The molecule has 0 fully saturated rings. The predicted octanol–water partition coefficient (Wildman–Crippen LogP) is 9.97. The second-order valence-electron chi connectivity index (χ2n) is 11.1. The Morgan fingerprint density at radius 2 is 1.13 bits per heavy atom. The minimum absolute atomic E-state index is 0.820. The Kier molecular flexibility index (Phi) is 9.40. The van der Waals surface area contributed by atoms with Crippen molar-refractivity contribution in [2.24, 2.45) is 11.8 Å². The van der Waals surface area contributed by atoms with Crippen LogP contribution in [-0.2, 0) is 37.0 Å². The molecule has 0 aromatic heterocycles. The molecule has 0 amide bonds. The molecule has 4 rings (SSSR count). The van der Waals surface area contributed by atoms with Gasteiger partial charge in [-0.2, -0.15) is 0 Å². The van der Waals surface area contributed by atoms with Gasteiger partial charge >= 0.3 is 210 Å². The van der Waals surface area contributed by atoms with Crippen molar-refractivity contribution in [3.63, 3.8) is 0 Å². The van der Waals surface area contributed by atoms with Crippen molar-refractivity contribution in [2.75, 3.05) is 0 Å². The molecule has 4 aliphatic rings. The third-order valence-corrected chi connectivity index (χ3v) is 12.8. The fourth-order valence-corrected chi connectivity index (χ4v) is 12.3. The first-order chi connectivity index (χ1) is 14.8. The molecule has 0 aliphatic heterocycles. The summed E-state index contributed by atoms with van der Waals surface area (Å²) < 4.78 is 3.66. The monoisotopic (exact) mass is 491 g/mol. The summed E-state index contributed by atoms with van der Waals surface area (Å²) in [6, 6.07) is 0. The summed E-state index contributed by atoms with van der Waals surface area (Å²) in [6.45, 7) is 9.43. The molecule has 2 heteroatoms. The van der Waals surface area contributed by atoms with Gasteiger partial charge in [0.1, 0.15) is 0 Å². The van der Waals surface area contributed by atoms with Gasteiger partial charge in [0.25, 0.3) is 0 Å². The Balaban J connectivity index is 0.000000179. The van der Waals surface area contributed by atoms with Gasteiger partial charge in [-0.3, -0.25) is 0 Å². The van der Waals surface area contributed by atoms with Gasteiger partial charge in [0, 0.05) is 0 Å². The van der Waals surface area contributed by atoms with Crippen LogP contribution in [0.3, 0.4) is 0 Å². The predicted molar refractivity (Wildman–Crippen MR) is 131 cm³/mol. The average molecular weight is 491 g/mol. The van der Waals surface area contributed by atoms with E-state index in [0.29, 0.717) is 0 Å². The van der Waals surface area contributed by atoms with E-state index in [1.165, 1.54) is 77.0 Å². The van der Waals surface area contributed by atoms with Gasteiger partial charge < -0.3 is 0 Å². The molecule has 171 valence electrons. The van der Waals surface area contributed by atoms with Gasteiger partial charge in [-0.1, -0.05) is 0 Å². The molecule has 2 atom stereocenters. The van der Waals surface area contributed by atoms with Gasteiger partial charge in [-0.15, -0.1) is 0 Å². The zero-order valence-electron chi connectivity index (χ0n) is 21.6. The zero-order chi connectivity index (χ0) is 22.8. The first kappa shape index (κ1) is 26.0. The van der Waals surface area contributed by atoms with Crippen LogP contribution in [0.2, 0.25) is 15.7 Å². The fraction of sp³-hybridized carbons (Fsp3) is 0.724. The van der Waals surface area contributed by atoms with Gasteiger partial charge in [0.15, 0.2) is 0 Å². The van der Waals surface area contributed by atoms with Crippen molar-refractivity contribution in [3.05, 3.63) is 41.2 Å². The van der Waals surface area contributed by atoms with Crippen LogP contribution in [0, 0.1) is 11.8 Å². The molecule has 31 heavy (non-hydrogen) atoms. The second kappa shape index (κ2) is 11.2. The Hall–Kier alpha value is 0.389. The summed E-state index contributed by atoms with van der Waals surface area (Å²) in [4.78, 5) is 0. The molecule has 0 nitrogen and oxygen atoms in total. The Bertz CT molecular complexity index is 797. The molecular weight excluding hydrogens is 444 g/mol. The summed E-state index contributed by atoms with van der Waals surface area (Å²) in [5.41, 5.74) is 10.8. The van der Waals surface area contributed by atoms with Crippen LogP contribution in [0.25, 0.3) is 0 Å². The van der Waals surface area contributed by atoms with Crippen molar-refractivity contribution in [3.8, 4) is 0 Å². The molecule has 0 saturated heterocycles. The van der Waals surface area contributed by atoms with Crippen molar-refractivity contribution in [1.29, 1.82) is 0 Å². The third-order valence-electron chi connectivity index (χ3n) is 8.27. The van der Waals surface area contributed by atoms with Gasteiger partial charge in [-0.25, -0.2) is 0 Å². The van der Waals surface area contributed by atoms with Crippen molar-refractivity contribution in [2.45, 2.75) is 120 Å². The van der Waals surface area contributed by atoms with Crippen LogP contribution in [0.4, 0.5) is 0 Å². The number of allylic oxidation sites excluding steroid dienone is 8. The molecule has 0 radical (unpaired) electrons. The standard InChI is InChI=1S/2C13H19.3CH3.2Ti/c2*1-3-10-9-11(4-2)13-8-6-5-7-12(10)13;;;;;/h2*10H,3-8H2,1-2H3;3*1H3;;. The van der Waals surface area contributed by atoms with E-state index in [2.05, 4.69) is 63.8 Å².